The maximum Gasteiger partial charge on any atom is 0.340 e. The second-order valence-corrected chi connectivity index (χ2v) is 9.00. The van der Waals surface area contributed by atoms with Crippen molar-refractivity contribution in [1.82, 2.24) is 0 Å². The van der Waals surface area contributed by atoms with Crippen LogP contribution in [0.2, 0.25) is 0 Å². The molecule has 0 saturated carbocycles. The lowest BCUT2D eigenvalue weighted by molar-refractivity contribution is 0.0251. The van der Waals surface area contributed by atoms with E-state index in [2.05, 4.69) is 58.0 Å². The Morgan fingerprint density at radius 2 is 1.28 bits per heavy atom. The Morgan fingerprint density at radius 1 is 0.688 bits per heavy atom. The molecule has 5 heteroatoms. The SMILES string of the molecule is Cc1cc(N(C)C)ccc1C1(c2ccc(N(C)C)cc2N(C)C)OC(=O)c2ccccc21. The predicted octanol–water partition coefficient (Wildman–Crippen LogP) is 4.66. The number of nitrogens with zero attached hydrogens (tertiary/aromatic N) is 3. The fourth-order valence-electron chi connectivity index (χ4n) is 4.55. The van der Waals surface area contributed by atoms with Crippen molar-refractivity contribution in [2.75, 3.05) is 57.0 Å². The molecule has 5 nitrogen and oxygen atoms in total. The molecule has 0 saturated heterocycles. The number of hydrogen-bond acceptors (Lipinski definition) is 5. The third kappa shape index (κ3) is 3.29. The fraction of sp³-hybridized carbons (Fsp3) is 0.296. The summed E-state index contributed by atoms with van der Waals surface area (Å²) in [6.45, 7) is 2.09. The van der Waals surface area contributed by atoms with Crippen molar-refractivity contribution in [1.29, 1.82) is 0 Å². The highest BCUT2D eigenvalue weighted by Gasteiger charge is 2.50. The van der Waals surface area contributed by atoms with Crippen LogP contribution >= 0.6 is 0 Å². The molecule has 0 aromatic heterocycles. The van der Waals surface area contributed by atoms with Gasteiger partial charge in [0, 0.05) is 76.0 Å². The molecule has 3 aromatic carbocycles. The Labute approximate surface area is 190 Å². The Hall–Kier alpha value is -3.47. The van der Waals surface area contributed by atoms with E-state index in [1.54, 1.807) is 0 Å². The molecule has 0 N–H and O–H groups in total. The smallest absolute Gasteiger partial charge is 0.340 e. The first-order valence-corrected chi connectivity index (χ1v) is 10.8. The van der Waals surface area contributed by atoms with E-state index in [1.807, 2.05) is 66.6 Å². The zero-order chi connectivity index (χ0) is 23.2. The summed E-state index contributed by atoms with van der Waals surface area (Å²) in [5.41, 5.74) is 6.68. The van der Waals surface area contributed by atoms with Crippen molar-refractivity contribution in [3.63, 3.8) is 0 Å². The molecular weight excluding hydrogens is 398 g/mol. The highest BCUT2D eigenvalue weighted by atomic mass is 16.6. The molecule has 166 valence electrons. The number of hydrogen-bond donors (Lipinski definition) is 0. The topological polar surface area (TPSA) is 36.0 Å². The van der Waals surface area contributed by atoms with Crippen LogP contribution < -0.4 is 14.7 Å². The third-order valence-corrected chi connectivity index (χ3v) is 6.24. The molecule has 3 aromatic rings. The van der Waals surface area contributed by atoms with Gasteiger partial charge in [-0.25, -0.2) is 4.79 Å². The number of esters is 1. The van der Waals surface area contributed by atoms with Gasteiger partial charge in [0.05, 0.1) is 5.56 Å². The van der Waals surface area contributed by atoms with Crippen LogP contribution in [0.3, 0.4) is 0 Å². The number of carbonyl (C=O) groups is 1. The monoisotopic (exact) mass is 429 g/mol. The van der Waals surface area contributed by atoms with E-state index in [0.717, 1.165) is 39.3 Å². The van der Waals surface area contributed by atoms with Crippen LogP contribution in [0.4, 0.5) is 17.1 Å². The Balaban J connectivity index is 2.08. The Morgan fingerprint density at radius 3 is 1.88 bits per heavy atom. The number of ether oxygens (including phenoxy) is 1. The standard InChI is InChI=1S/C27H31N3O2/c1-18-16-19(28(2)3)12-14-22(18)27(23-11-9-8-10-21(23)26(31)32-27)24-15-13-20(29(4)5)17-25(24)30(6)7/h8-17H,1-7H3. The van der Waals surface area contributed by atoms with Gasteiger partial charge in [0.1, 0.15) is 0 Å². The van der Waals surface area contributed by atoms with Gasteiger partial charge in [0.15, 0.2) is 5.60 Å². The van der Waals surface area contributed by atoms with Gasteiger partial charge in [0.2, 0.25) is 0 Å². The van der Waals surface area contributed by atoms with E-state index in [1.165, 1.54) is 0 Å². The average Bonchev–Trinajstić information content (AvgIpc) is 3.06. The summed E-state index contributed by atoms with van der Waals surface area (Å²) >= 11 is 0. The number of carbonyl (C=O) groups excluding carboxylic acids is 1. The van der Waals surface area contributed by atoms with Gasteiger partial charge in [-0.15, -0.1) is 0 Å². The van der Waals surface area contributed by atoms with E-state index in [-0.39, 0.29) is 5.97 Å². The van der Waals surface area contributed by atoms with E-state index in [0.29, 0.717) is 5.56 Å². The second kappa shape index (κ2) is 7.90. The number of benzene rings is 3. The molecule has 1 aliphatic heterocycles. The van der Waals surface area contributed by atoms with Crippen LogP contribution in [-0.4, -0.2) is 48.3 Å². The van der Waals surface area contributed by atoms with Crippen molar-refractivity contribution >= 4 is 23.0 Å². The summed E-state index contributed by atoms with van der Waals surface area (Å²) in [7, 11) is 12.2. The summed E-state index contributed by atoms with van der Waals surface area (Å²) < 4.78 is 6.37. The van der Waals surface area contributed by atoms with E-state index in [9.17, 15) is 4.79 Å². The molecule has 1 aliphatic rings. The van der Waals surface area contributed by atoms with Crippen LogP contribution in [-0.2, 0) is 10.3 Å². The maximum atomic E-state index is 13.1. The first-order valence-electron chi connectivity index (χ1n) is 10.8. The molecule has 0 aliphatic carbocycles. The van der Waals surface area contributed by atoms with Gasteiger partial charge >= 0.3 is 5.97 Å². The Kier molecular flexibility index (Phi) is 5.37. The molecule has 0 radical (unpaired) electrons. The summed E-state index contributed by atoms with van der Waals surface area (Å²) in [5, 5.41) is 0. The van der Waals surface area contributed by atoms with Crippen molar-refractivity contribution < 1.29 is 9.53 Å². The van der Waals surface area contributed by atoms with Crippen molar-refractivity contribution in [2.24, 2.45) is 0 Å². The van der Waals surface area contributed by atoms with Gasteiger partial charge in [0.25, 0.3) is 0 Å². The minimum absolute atomic E-state index is 0.293. The molecule has 4 rings (SSSR count). The van der Waals surface area contributed by atoms with Crippen molar-refractivity contribution in [3.8, 4) is 0 Å². The predicted molar refractivity (Wildman–Crippen MR) is 132 cm³/mol. The van der Waals surface area contributed by atoms with Gasteiger partial charge in [-0.3, -0.25) is 0 Å². The Bertz CT molecular complexity index is 1180. The molecule has 0 bridgehead atoms. The second-order valence-electron chi connectivity index (χ2n) is 9.00. The lowest BCUT2D eigenvalue weighted by Gasteiger charge is -2.35. The summed E-state index contributed by atoms with van der Waals surface area (Å²) in [6, 6.07) is 20.4. The van der Waals surface area contributed by atoms with Gasteiger partial charge < -0.3 is 19.4 Å². The van der Waals surface area contributed by atoms with Gasteiger partial charge in [-0.05, 0) is 42.8 Å². The molecule has 1 atom stereocenters. The number of fused-ring (bicyclic) bond motifs is 1. The number of rotatable bonds is 5. The minimum atomic E-state index is -1.02. The molecule has 1 unspecified atom stereocenters. The zero-order valence-electron chi connectivity index (χ0n) is 19.9. The summed E-state index contributed by atoms with van der Waals surface area (Å²) in [5.74, 6) is -0.293. The average molecular weight is 430 g/mol. The van der Waals surface area contributed by atoms with E-state index >= 15 is 0 Å². The molecule has 32 heavy (non-hydrogen) atoms. The normalized spacial score (nSPS) is 17.0. The minimum Gasteiger partial charge on any atom is -0.440 e. The van der Waals surface area contributed by atoms with E-state index in [4.69, 9.17) is 4.74 Å². The fourth-order valence-corrected chi connectivity index (χ4v) is 4.55. The lowest BCUT2D eigenvalue weighted by Crippen LogP contribution is -2.33. The van der Waals surface area contributed by atoms with Crippen LogP contribution in [0, 0.1) is 6.92 Å². The molecule has 0 fully saturated rings. The van der Waals surface area contributed by atoms with Gasteiger partial charge in [-0.1, -0.05) is 30.3 Å². The number of cyclic esters (lactones) is 1. The van der Waals surface area contributed by atoms with Crippen LogP contribution in [0.25, 0.3) is 0 Å². The van der Waals surface area contributed by atoms with Gasteiger partial charge in [-0.2, -0.15) is 0 Å². The highest BCUT2D eigenvalue weighted by Crippen LogP contribution is 2.51. The van der Waals surface area contributed by atoms with Crippen molar-refractivity contribution in [2.45, 2.75) is 12.5 Å². The molecule has 0 spiro atoms. The summed E-state index contributed by atoms with van der Waals surface area (Å²) in [4.78, 5) is 19.4. The van der Waals surface area contributed by atoms with Crippen LogP contribution in [0.5, 0.6) is 0 Å². The first kappa shape index (κ1) is 21.8. The molecule has 1 heterocycles. The van der Waals surface area contributed by atoms with Crippen molar-refractivity contribution in [3.05, 3.63) is 88.5 Å². The quantitative estimate of drug-likeness (QED) is 0.552. The van der Waals surface area contributed by atoms with Crippen LogP contribution in [0.15, 0.2) is 60.7 Å². The van der Waals surface area contributed by atoms with Crippen LogP contribution in [0.1, 0.15) is 32.6 Å². The number of aryl methyl sites for hydroxylation is 1. The lowest BCUT2D eigenvalue weighted by atomic mass is 9.77. The number of anilines is 3. The maximum absolute atomic E-state index is 13.1. The largest absolute Gasteiger partial charge is 0.440 e. The zero-order valence-corrected chi connectivity index (χ0v) is 19.9. The third-order valence-electron chi connectivity index (χ3n) is 6.24. The summed E-state index contributed by atoms with van der Waals surface area (Å²) in [6.07, 6.45) is 0. The molecular formula is C27H31N3O2. The highest BCUT2D eigenvalue weighted by molar-refractivity contribution is 5.97. The first-order chi connectivity index (χ1) is 15.2. The van der Waals surface area contributed by atoms with E-state index < -0.39 is 5.60 Å². The molecule has 0 amide bonds.